The minimum absolute atomic E-state index is 0.145. The molecule has 0 saturated heterocycles. The zero-order chi connectivity index (χ0) is 22.1. The minimum Gasteiger partial charge on any atom is -0.612 e. The van der Waals surface area contributed by atoms with Gasteiger partial charge in [0.05, 0.1) is 46.2 Å². The molecule has 9 heteroatoms. The van der Waals surface area contributed by atoms with Gasteiger partial charge in [0, 0.05) is 23.8 Å². The van der Waals surface area contributed by atoms with E-state index in [9.17, 15) is 9.35 Å². The number of nitrogens with two attached hydrogens (primary N) is 1. The van der Waals surface area contributed by atoms with Crippen molar-refractivity contribution in [2.75, 3.05) is 40.3 Å². The Labute approximate surface area is 179 Å². The SMILES string of the molecule is COc1cc(OC)c(/C=C/[S+]([O-])Cc2ccc(OC)c(NC(=O)CN)c2)c(OC)c1. The van der Waals surface area contributed by atoms with Crippen molar-refractivity contribution < 1.29 is 28.3 Å². The molecular weight excluding hydrogens is 408 g/mol. The molecule has 0 aromatic heterocycles. The van der Waals surface area contributed by atoms with Crippen molar-refractivity contribution in [3.8, 4) is 23.0 Å². The summed E-state index contributed by atoms with van der Waals surface area (Å²) in [7, 11) is 6.13. The number of ether oxygens (including phenoxy) is 4. The lowest BCUT2D eigenvalue weighted by molar-refractivity contribution is -0.114. The van der Waals surface area contributed by atoms with Gasteiger partial charge in [0.15, 0.2) is 0 Å². The summed E-state index contributed by atoms with van der Waals surface area (Å²) in [4.78, 5) is 11.6. The number of hydrogen-bond donors (Lipinski definition) is 2. The van der Waals surface area contributed by atoms with Crippen LogP contribution in [0.5, 0.6) is 23.0 Å². The highest BCUT2D eigenvalue weighted by atomic mass is 32.2. The molecule has 2 aromatic carbocycles. The second-order valence-electron chi connectivity index (χ2n) is 6.06. The summed E-state index contributed by atoms with van der Waals surface area (Å²) in [6, 6.07) is 8.66. The van der Waals surface area contributed by atoms with E-state index in [1.807, 2.05) is 0 Å². The van der Waals surface area contributed by atoms with Gasteiger partial charge < -0.3 is 34.6 Å². The Morgan fingerprint density at radius 2 is 1.67 bits per heavy atom. The van der Waals surface area contributed by atoms with Crippen LogP contribution in [-0.4, -0.2) is 45.4 Å². The van der Waals surface area contributed by atoms with Crippen LogP contribution in [0.15, 0.2) is 35.7 Å². The number of methoxy groups -OCH3 is 4. The molecule has 0 bridgehead atoms. The average Bonchev–Trinajstić information content (AvgIpc) is 2.77. The molecule has 0 aliphatic heterocycles. The van der Waals surface area contributed by atoms with E-state index in [0.717, 1.165) is 5.56 Å². The third-order valence-corrected chi connectivity index (χ3v) is 5.23. The summed E-state index contributed by atoms with van der Waals surface area (Å²) < 4.78 is 33.9. The Balaban J connectivity index is 2.21. The maximum Gasteiger partial charge on any atom is 0.238 e. The Morgan fingerprint density at radius 3 is 2.20 bits per heavy atom. The Bertz CT molecular complexity index is 878. The van der Waals surface area contributed by atoms with Crippen LogP contribution in [0, 0.1) is 0 Å². The fourth-order valence-electron chi connectivity index (χ4n) is 2.70. The average molecular weight is 435 g/mol. The van der Waals surface area contributed by atoms with Crippen LogP contribution in [0.4, 0.5) is 5.69 Å². The number of carbonyl (C=O) groups is 1. The zero-order valence-electron chi connectivity index (χ0n) is 17.4. The molecule has 0 aliphatic rings. The number of nitrogens with one attached hydrogen (secondary N) is 1. The molecule has 1 unspecified atom stereocenters. The molecule has 2 aromatic rings. The summed E-state index contributed by atoms with van der Waals surface area (Å²) in [5.74, 6) is 2.06. The number of anilines is 1. The molecule has 1 amide bonds. The van der Waals surface area contributed by atoms with E-state index in [4.69, 9.17) is 24.7 Å². The maximum absolute atomic E-state index is 12.6. The van der Waals surface area contributed by atoms with Gasteiger partial charge in [0.25, 0.3) is 0 Å². The zero-order valence-corrected chi connectivity index (χ0v) is 18.2. The molecule has 3 N–H and O–H groups in total. The van der Waals surface area contributed by atoms with E-state index in [1.54, 1.807) is 48.9 Å². The number of amides is 1. The monoisotopic (exact) mass is 434 g/mol. The van der Waals surface area contributed by atoms with Gasteiger partial charge in [-0.1, -0.05) is 6.07 Å². The smallest absolute Gasteiger partial charge is 0.238 e. The third kappa shape index (κ3) is 6.06. The maximum atomic E-state index is 12.6. The summed E-state index contributed by atoms with van der Waals surface area (Å²) in [5.41, 5.74) is 7.24. The van der Waals surface area contributed by atoms with E-state index in [1.165, 1.54) is 21.3 Å². The number of hydrogen-bond acceptors (Lipinski definition) is 7. The van der Waals surface area contributed by atoms with Crippen LogP contribution >= 0.6 is 0 Å². The van der Waals surface area contributed by atoms with Crippen LogP contribution in [0.3, 0.4) is 0 Å². The topological polar surface area (TPSA) is 115 Å². The van der Waals surface area contributed by atoms with Crippen molar-refractivity contribution in [1.29, 1.82) is 0 Å². The molecule has 0 radical (unpaired) electrons. The second-order valence-corrected chi connectivity index (χ2v) is 7.38. The van der Waals surface area contributed by atoms with Gasteiger partial charge in [-0.05, 0) is 23.3 Å². The molecule has 0 aliphatic carbocycles. The molecule has 30 heavy (non-hydrogen) atoms. The van der Waals surface area contributed by atoms with Crippen LogP contribution in [0.2, 0.25) is 0 Å². The van der Waals surface area contributed by atoms with Crippen molar-refractivity contribution in [3.05, 3.63) is 46.9 Å². The van der Waals surface area contributed by atoms with Crippen molar-refractivity contribution in [1.82, 2.24) is 0 Å². The van der Waals surface area contributed by atoms with E-state index in [0.29, 0.717) is 34.2 Å². The molecule has 8 nitrogen and oxygen atoms in total. The van der Waals surface area contributed by atoms with Gasteiger partial charge in [-0.2, -0.15) is 0 Å². The fraction of sp³-hybridized carbons (Fsp3) is 0.286. The molecule has 0 saturated carbocycles. The third-order valence-electron chi connectivity index (χ3n) is 4.17. The van der Waals surface area contributed by atoms with Gasteiger partial charge in [-0.15, -0.1) is 0 Å². The first kappa shape index (κ1) is 23.4. The van der Waals surface area contributed by atoms with Gasteiger partial charge in [-0.25, -0.2) is 0 Å². The molecule has 0 heterocycles. The highest BCUT2D eigenvalue weighted by molar-refractivity contribution is 7.93. The first-order valence-electron chi connectivity index (χ1n) is 8.97. The largest absolute Gasteiger partial charge is 0.612 e. The summed E-state index contributed by atoms with van der Waals surface area (Å²) in [6.07, 6.45) is 1.69. The van der Waals surface area contributed by atoms with E-state index < -0.39 is 11.2 Å². The Kier molecular flexibility index (Phi) is 8.85. The molecule has 0 fully saturated rings. The minimum atomic E-state index is -1.33. The lowest BCUT2D eigenvalue weighted by Crippen LogP contribution is -2.22. The molecule has 162 valence electrons. The van der Waals surface area contributed by atoms with Gasteiger partial charge in [0.2, 0.25) is 5.91 Å². The highest BCUT2D eigenvalue weighted by Gasteiger charge is 2.14. The van der Waals surface area contributed by atoms with E-state index >= 15 is 0 Å². The lowest BCUT2D eigenvalue weighted by atomic mass is 10.1. The summed E-state index contributed by atoms with van der Waals surface area (Å²) in [6.45, 7) is -0.145. The van der Waals surface area contributed by atoms with Crippen LogP contribution in [0.25, 0.3) is 6.08 Å². The van der Waals surface area contributed by atoms with Gasteiger partial charge in [0.1, 0.15) is 34.2 Å². The lowest BCUT2D eigenvalue weighted by Gasteiger charge is -2.13. The predicted molar refractivity (Wildman–Crippen MR) is 118 cm³/mol. The van der Waals surface area contributed by atoms with Gasteiger partial charge >= 0.3 is 0 Å². The number of carbonyl (C=O) groups excluding carboxylic acids is 1. The first-order chi connectivity index (χ1) is 14.4. The van der Waals surface area contributed by atoms with Crippen LogP contribution < -0.4 is 30.0 Å². The van der Waals surface area contributed by atoms with Crippen molar-refractivity contribution in [3.63, 3.8) is 0 Å². The van der Waals surface area contributed by atoms with Crippen LogP contribution in [-0.2, 0) is 21.7 Å². The molecule has 0 spiro atoms. The van der Waals surface area contributed by atoms with Crippen LogP contribution in [0.1, 0.15) is 11.1 Å². The molecule has 2 rings (SSSR count). The quantitative estimate of drug-likeness (QED) is 0.552. The first-order valence-corrected chi connectivity index (χ1v) is 10.4. The van der Waals surface area contributed by atoms with Crippen molar-refractivity contribution in [2.24, 2.45) is 5.73 Å². The predicted octanol–water partition coefficient (Wildman–Crippen LogP) is 2.54. The Morgan fingerprint density at radius 1 is 1.03 bits per heavy atom. The highest BCUT2D eigenvalue weighted by Crippen LogP contribution is 2.35. The standard InChI is InChI=1S/C21H26N2O6S/c1-26-15-10-19(28-3)16(20(11-15)29-4)7-8-30(25)13-14-5-6-18(27-2)17(9-14)23-21(24)12-22/h5-11H,12-13,22H2,1-4H3,(H,23,24)/b8-7+. The number of benzene rings is 2. The normalized spacial score (nSPS) is 11.8. The molecule has 1 atom stereocenters. The van der Waals surface area contributed by atoms with Crippen molar-refractivity contribution >= 4 is 28.8 Å². The Hall–Kier alpha value is -2.88. The second kappa shape index (κ2) is 11.3. The van der Waals surface area contributed by atoms with E-state index in [-0.39, 0.29) is 18.2 Å². The number of rotatable bonds is 10. The fourth-order valence-corrected chi connectivity index (χ4v) is 3.59. The summed E-state index contributed by atoms with van der Waals surface area (Å²) in [5, 5.41) is 4.24. The summed E-state index contributed by atoms with van der Waals surface area (Å²) >= 11 is -1.33. The van der Waals surface area contributed by atoms with E-state index in [2.05, 4.69) is 5.32 Å². The van der Waals surface area contributed by atoms with Crippen molar-refractivity contribution in [2.45, 2.75) is 5.75 Å². The van der Waals surface area contributed by atoms with Gasteiger partial charge in [-0.3, -0.25) is 4.79 Å². The molecular formula is C21H26N2O6S.